The van der Waals surface area contributed by atoms with E-state index in [2.05, 4.69) is 22.3 Å². The van der Waals surface area contributed by atoms with E-state index in [0.29, 0.717) is 0 Å². The van der Waals surface area contributed by atoms with Crippen LogP contribution in [-0.4, -0.2) is 45.6 Å². The molecule has 1 aliphatic heterocycles. The van der Waals surface area contributed by atoms with Crippen molar-refractivity contribution >= 4 is 28.4 Å². The van der Waals surface area contributed by atoms with Gasteiger partial charge in [-0.05, 0) is 28.5 Å². The normalized spacial score (nSPS) is 14.8. The third-order valence-electron chi connectivity index (χ3n) is 4.35. The predicted molar refractivity (Wildman–Crippen MR) is 98.2 cm³/mol. The van der Waals surface area contributed by atoms with Gasteiger partial charge in [0.1, 0.15) is 0 Å². The van der Waals surface area contributed by atoms with Crippen molar-refractivity contribution in [1.29, 1.82) is 0 Å². The minimum Gasteiger partial charge on any atom is -0.337 e. The molecule has 1 aliphatic rings. The Hall–Kier alpha value is -2.40. The largest absolute Gasteiger partial charge is 0.337 e. The maximum atomic E-state index is 13.0. The van der Waals surface area contributed by atoms with Gasteiger partial charge < -0.3 is 4.90 Å². The zero-order valence-electron chi connectivity index (χ0n) is 13.2. The van der Waals surface area contributed by atoms with Crippen molar-refractivity contribution in [3.05, 3.63) is 60.4 Å². The molecule has 0 aliphatic carbocycles. The van der Waals surface area contributed by atoms with Crippen LogP contribution in [0.2, 0.25) is 0 Å². The second-order valence-corrected chi connectivity index (χ2v) is 6.97. The maximum absolute atomic E-state index is 13.0. The Kier molecular flexibility index (Phi) is 4.17. The number of benzene rings is 2. The first-order chi connectivity index (χ1) is 11.8. The standard InChI is InChI=1S/C19H17N3OS/c23-19(22-9-11-24-12-10-22)18-6-2-4-16-15(3-1-5-17(16)18)14-7-8-20-21-13-14/h1-8,13H,9-12H2. The van der Waals surface area contributed by atoms with Crippen LogP contribution in [-0.2, 0) is 0 Å². The summed E-state index contributed by atoms with van der Waals surface area (Å²) in [6, 6.07) is 14.0. The van der Waals surface area contributed by atoms with Crippen LogP contribution in [0.25, 0.3) is 21.9 Å². The Morgan fingerprint density at radius 1 is 0.958 bits per heavy atom. The molecular weight excluding hydrogens is 318 g/mol. The molecule has 24 heavy (non-hydrogen) atoms. The molecule has 4 rings (SSSR count). The van der Waals surface area contributed by atoms with Gasteiger partial charge in [-0.3, -0.25) is 4.79 Å². The molecule has 0 saturated carbocycles. The zero-order valence-corrected chi connectivity index (χ0v) is 14.0. The summed E-state index contributed by atoms with van der Waals surface area (Å²) in [5.41, 5.74) is 2.86. The highest BCUT2D eigenvalue weighted by Gasteiger charge is 2.20. The number of thioether (sulfide) groups is 1. The van der Waals surface area contributed by atoms with Crippen molar-refractivity contribution in [3.63, 3.8) is 0 Å². The van der Waals surface area contributed by atoms with Crippen molar-refractivity contribution in [2.75, 3.05) is 24.6 Å². The van der Waals surface area contributed by atoms with Crippen LogP contribution in [0.1, 0.15) is 10.4 Å². The van der Waals surface area contributed by atoms with Crippen molar-refractivity contribution in [3.8, 4) is 11.1 Å². The average Bonchev–Trinajstić information content (AvgIpc) is 2.68. The lowest BCUT2D eigenvalue weighted by Crippen LogP contribution is -2.37. The molecule has 1 aromatic heterocycles. The highest BCUT2D eigenvalue weighted by Crippen LogP contribution is 2.30. The van der Waals surface area contributed by atoms with E-state index in [0.717, 1.165) is 52.1 Å². The SMILES string of the molecule is O=C(c1cccc2c(-c3ccnnc3)cccc12)N1CCSCC1. The molecule has 0 bridgehead atoms. The van der Waals surface area contributed by atoms with Crippen LogP contribution in [0.4, 0.5) is 0 Å². The first-order valence-electron chi connectivity index (χ1n) is 8.00. The average molecular weight is 335 g/mol. The van der Waals surface area contributed by atoms with Crippen molar-refractivity contribution in [2.24, 2.45) is 0 Å². The Labute approximate surface area is 144 Å². The molecule has 0 unspecified atom stereocenters. The van der Waals surface area contributed by atoms with E-state index in [9.17, 15) is 4.79 Å². The summed E-state index contributed by atoms with van der Waals surface area (Å²) >= 11 is 1.91. The van der Waals surface area contributed by atoms with Crippen molar-refractivity contribution in [1.82, 2.24) is 15.1 Å². The second kappa shape index (κ2) is 6.61. The molecular formula is C19H17N3OS. The van der Waals surface area contributed by atoms with Crippen LogP contribution in [0, 0.1) is 0 Å². The molecule has 1 saturated heterocycles. The van der Waals surface area contributed by atoms with Crippen LogP contribution in [0.5, 0.6) is 0 Å². The summed E-state index contributed by atoms with van der Waals surface area (Å²) < 4.78 is 0. The smallest absolute Gasteiger partial charge is 0.254 e. The van der Waals surface area contributed by atoms with E-state index in [-0.39, 0.29) is 5.91 Å². The number of nitrogens with zero attached hydrogens (tertiary/aromatic N) is 3. The molecule has 0 spiro atoms. The van der Waals surface area contributed by atoms with Gasteiger partial charge in [-0.2, -0.15) is 22.0 Å². The number of hydrogen-bond acceptors (Lipinski definition) is 4. The van der Waals surface area contributed by atoms with E-state index in [1.807, 2.05) is 47.0 Å². The van der Waals surface area contributed by atoms with Gasteiger partial charge in [0.2, 0.25) is 0 Å². The van der Waals surface area contributed by atoms with E-state index in [1.165, 1.54) is 0 Å². The quantitative estimate of drug-likeness (QED) is 0.719. The molecule has 120 valence electrons. The van der Waals surface area contributed by atoms with Gasteiger partial charge in [0.25, 0.3) is 5.91 Å². The summed E-state index contributed by atoms with van der Waals surface area (Å²) in [6.07, 6.45) is 3.44. The fraction of sp³-hybridized carbons (Fsp3) is 0.211. The van der Waals surface area contributed by atoms with Crippen molar-refractivity contribution < 1.29 is 4.79 Å². The zero-order chi connectivity index (χ0) is 16.4. The molecule has 1 amide bonds. The Bertz CT molecular complexity index is 876. The minimum absolute atomic E-state index is 0.130. The number of aromatic nitrogens is 2. The third-order valence-corrected chi connectivity index (χ3v) is 5.29. The number of carbonyl (C=O) groups excluding carboxylic acids is 1. The van der Waals surface area contributed by atoms with E-state index in [1.54, 1.807) is 12.4 Å². The summed E-state index contributed by atoms with van der Waals surface area (Å²) in [5.74, 6) is 2.17. The molecule has 1 fully saturated rings. The lowest BCUT2D eigenvalue weighted by atomic mass is 9.96. The predicted octanol–water partition coefficient (Wildman–Crippen LogP) is 3.49. The van der Waals surface area contributed by atoms with Gasteiger partial charge in [-0.15, -0.1) is 0 Å². The van der Waals surface area contributed by atoms with Gasteiger partial charge in [-0.25, -0.2) is 0 Å². The number of fused-ring (bicyclic) bond motifs is 1. The molecule has 0 N–H and O–H groups in total. The lowest BCUT2D eigenvalue weighted by molar-refractivity contribution is 0.0774. The highest BCUT2D eigenvalue weighted by atomic mass is 32.2. The number of hydrogen-bond donors (Lipinski definition) is 0. The molecule has 4 nitrogen and oxygen atoms in total. The van der Waals surface area contributed by atoms with Crippen LogP contribution in [0.3, 0.4) is 0 Å². The lowest BCUT2D eigenvalue weighted by Gasteiger charge is -2.27. The van der Waals surface area contributed by atoms with Crippen molar-refractivity contribution in [2.45, 2.75) is 0 Å². The van der Waals surface area contributed by atoms with Crippen LogP contribution >= 0.6 is 11.8 Å². The van der Waals surface area contributed by atoms with E-state index < -0.39 is 0 Å². The van der Waals surface area contributed by atoms with Crippen LogP contribution < -0.4 is 0 Å². The first-order valence-corrected chi connectivity index (χ1v) is 9.16. The van der Waals surface area contributed by atoms with Gasteiger partial charge >= 0.3 is 0 Å². The van der Waals surface area contributed by atoms with E-state index >= 15 is 0 Å². The molecule has 5 heteroatoms. The monoisotopic (exact) mass is 335 g/mol. The van der Waals surface area contributed by atoms with Crippen LogP contribution in [0.15, 0.2) is 54.9 Å². The summed E-state index contributed by atoms with van der Waals surface area (Å²) in [5, 5.41) is 9.88. The first kappa shape index (κ1) is 15.1. The van der Waals surface area contributed by atoms with E-state index in [4.69, 9.17) is 0 Å². The third kappa shape index (κ3) is 2.76. The fourth-order valence-electron chi connectivity index (χ4n) is 3.13. The van der Waals surface area contributed by atoms with Gasteiger partial charge in [0.05, 0.1) is 12.4 Å². The molecule has 0 atom stereocenters. The van der Waals surface area contributed by atoms with Gasteiger partial charge in [-0.1, -0.05) is 30.3 Å². The maximum Gasteiger partial charge on any atom is 0.254 e. The topological polar surface area (TPSA) is 46.1 Å². The molecule has 2 aromatic carbocycles. The molecule has 2 heterocycles. The number of rotatable bonds is 2. The van der Waals surface area contributed by atoms with Gasteiger partial charge in [0, 0.05) is 35.7 Å². The summed E-state index contributed by atoms with van der Waals surface area (Å²) in [4.78, 5) is 14.9. The molecule has 3 aromatic rings. The minimum atomic E-state index is 0.130. The second-order valence-electron chi connectivity index (χ2n) is 5.74. The molecule has 0 radical (unpaired) electrons. The summed E-state index contributed by atoms with van der Waals surface area (Å²) in [6.45, 7) is 1.65. The summed E-state index contributed by atoms with van der Waals surface area (Å²) in [7, 11) is 0. The Balaban J connectivity index is 1.82. The highest BCUT2D eigenvalue weighted by molar-refractivity contribution is 7.99. The Morgan fingerprint density at radius 2 is 1.75 bits per heavy atom. The number of carbonyl (C=O) groups is 1. The Morgan fingerprint density at radius 3 is 2.54 bits per heavy atom. The number of amides is 1. The van der Waals surface area contributed by atoms with Gasteiger partial charge in [0.15, 0.2) is 0 Å². The fourth-order valence-corrected chi connectivity index (χ4v) is 4.04.